The van der Waals surface area contributed by atoms with Gasteiger partial charge in [-0.05, 0) is 37.1 Å². The van der Waals surface area contributed by atoms with Crippen LogP contribution >= 0.6 is 0 Å². The molecular formula is C15H19NO3S. The van der Waals surface area contributed by atoms with E-state index in [0.29, 0.717) is 10.5 Å². The van der Waals surface area contributed by atoms with Crippen LogP contribution in [-0.4, -0.2) is 37.5 Å². The average molecular weight is 293 g/mol. The molecule has 1 aromatic rings. The Balaban J connectivity index is 2.20. The van der Waals surface area contributed by atoms with Crippen molar-refractivity contribution in [3.05, 3.63) is 29.8 Å². The Labute approximate surface area is 120 Å². The van der Waals surface area contributed by atoms with Crippen molar-refractivity contribution >= 4 is 10.0 Å². The molecular weight excluding hydrogens is 274 g/mol. The SMILES string of the molecule is CN(C1CCCC1)S(=O)(=O)c1ccc(C#CCO)cc1. The topological polar surface area (TPSA) is 57.6 Å². The van der Waals surface area contributed by atoms with E-state index in [2.05, 4.69) is 11.8 Å². The number of hydrogen-bond acceptors (Lipinski definition) is 3. The van der Waals surface area contributed by atoms with Crippen LogP contribution < -0.4 is 0 Å². The number of hydrogen-bond donors (Lipinski definition) is 1. The van der Waals surface area contributed by atoms with Crippen molar-refractivity contribution < 1.29 is 13.5 Å². The quantitative estimate of drug-likeness (QED) is 0.861. The number of aliphatic hydroxyl groups excluding tert-OH is 1. The summed E-state index contributed by atoms with van der Waals surface area (Å²) in [7, 11) is -1.77. The largest absolute Gasteiger partial charge is 0.384 e. The highest BCUT2D eigenvalue weighted by Crippen LogP contribution is 2.27. The van der Waals surface area contributed by atoms with Gasteiger partial charge >= 0.3 is 0 Å². The van der Waals surface area contributed by atoms with E-state index in [4.69, 9.17) is 5.11 Å². The maximum absolute atomic E-state index is 12.5. The van der Waals surface area contributed by atoms with Gasteiger partial charge in [-0.2, -0.15) is 4.31 Å². The lowest BCUT2D eigenvalue weighted by molar-refractivity contribution is 0.350. The summed E-state index contributed by atoms with van der Waals surface area (Å²) in [5, 5.41) is 8.63. The predicted octanol–water partition coefficient (Wildman–Crippen LogP) is 1.59. The molecule has 2 rings (SSSR count). The second-order valence-electron chi connectivity index (χ2n) is 4.94. The van der Waals surface area contributed by atoms with Gasteiger partial charge in [-0.15, -0.1) is 0 Å². The molecule has 0 spiro atoms. The Kier molecular flexibility index (Phi) is 4.81. The zero-order valence-electron chi connectivity index (χ0n) is 11.5. The fraction of sp³-hybridized carbons (Fsp3) is 0.467. The fourth-order valence-corrected chi connectivity index (χ4v) is 3.90. The van der Waals surface area contributed by atoms with Crippen LogP contribution in [0.5, 0.6) is 0 Å². The summed E-state index contributed by atoms with van der Waals surface area (Å²) in [5.74, 6) is 5.28. The van der Waals surface area contributed by atoms with Crippen molar-refractivity contribution in [1.29, 1.82) is 0 Å². The third kappa shape index (κ3) is 3.21. The van der Waals surface area contributed by atoms with E-state index in [-0.39, 0.29) is 12.6 Å². The Morgan fingerprint density at radius 3 is 2.40 bits per heavy atom. The van der Waals surface area contributed by atoms with Gasteiger partial charge in [-0.3, -0.25) is 0 Å². The van der Waals surface area contributed by atoms with E-state index in [1.165, 1.54) is 4.31 Å². The molecule has 0 radical (unpaired) electrons. The second kappa shape index (κ2) is 6.40. The van der Waals surface area contributed by atoms with E-state index in [1.807, 2.05) is 0 Å². The first kappa shape index (κ1) is 15.0. The lowest BCUT2D eigenvalue weighted by Crippen LogP contribution is -2.35. The summed E-state index contributed by atoms with van der Waals surface area (Å²) in [6.07, 6.45) is 4.08. The molecule has 0 heterocycles. The van der Waals surface area contributed by atoms with Gasteiger partial charge in [0.15, 0.2) is 0 Å². The normalized spacial score (nSPS) is 16.1. The molecule has 108 valence electrons. The standard InChI is InChI=1S/C15H19NO3S/c1-16(14-6-2-3-7-14)20(18,19)15-10-8-13(9-11-15)5-4-12-17/h8-11,14,17H,2-3,6-7,12H2,1H3. The summed E-state index contributed by atoms with van der Waals surface area (Å²) >= 11 is 0. The van der Waals surface area contributed by atoms with Crippen LogP contribution in [0.25, 0.3) is 0 Å². The number of aliphatic hydroxyl groups is 1. The average Bonchev–Trinajstić information content (AvgIpc) is 2.98. The molecule has 0 aromatic heterocycles. The van der Waals surface area contributed by atoms with Crippen LogP contribution in [0.15, 0.2) is 29.2 Å². The van der Waals surface area contributed by atoms with Gasteiger partial charge in [0.05, 0.1) is 4.90 Å². The first-order valence-electron chi connectivity index (χ1n) is 6.73. The Morgan fingerprint density at radius 2 is 1.85 bits per heavy atom. The highest BCUT2D eigenvalue weighted by atomic mass is 32.2. The van der Waals surface area contributed by atoms with E-state index in [0.717, 1.165) is 25.7 Å². The Morgan fingerprint density at radius 1 is 1.25 bits per heavy atom. The summed E-state index contributed by atoms with van der Waals surface area (Å²) in [6.45, 7) is -0.204. The van der Waals surface area contributed by atoms with Gasteiger partial charge in [0, 0.05) is 18.7 Å². The molecule has 0 atom stereocenters. The van der Waals surface area contributed by atoms with Crippen molar-refractivity contribution in [1.82, 2.24) is 4.31 Å². The summed E-state index contributed by atoms with van der Waals surface area (Å²) in [4.78, 5) is 0.293. The molecule has 0 unspecified atom stereocenters. The third-order valence-electron chi connectivity index (χ3n) is 3.68. The first-order chi connectivity index (χ1) is 9.55. The lowest BCUT2D eigenvalue weighted by Gasteiger charge is -2.23. The van der Waals surface area contributed by atoms with Crippen LogP contribution in [0.1, 0.15) is 31.2 Å². The van der Waals surface area contributed by atoms with Gasteiger partial charge in [0.1, 0.15) is 6.61 Å². The molecule has 1 aliphatic rings. The van der Waals surface area contributed by atoms with Crippen molar-refractivity contribution in [2.45, 2.75) is 36.6 Å². The molecule has 5 heteroatoms. The zero-order chi connectivity index (χ0) is 14.6. The third-order valence-corrected chi connectivity index (χ3v) is 5.61. The van der Waals surface area contributed by atoms with Crippen LogP contribution in [0.4, 0.5) is 0 Å². The zero-order valence-corrected chi connectivity index (χ0v) is 12.4. The fourth-order valence-electron chi connectivity index (χ4n) is 2.48. The molecule has 20 heavy (non-hydrogen) atoms. The highest BCUT2D eigenvalue weighted by molar-refractivity contribution is 7.89. The minimum Gasteiger partial charge on any atom is -0.384 e. The van der Waals surface area contributed by atoms with Gasteiger partial charge in [0.25, 0.3) is 0 Å². The van der Waals surface area contributed by atoms with Crippen LogP contribution in [0.2, 0.25) is 0 Å². The monoisotopic (exact) mass is 293 g/mol. The van der Waals surface area contributed by atoms with Gasteiger partial charge in [-0.1, -0.05) is 24.7 Å². The summed E-state index contributed by atoms with van der Waals surface area (Å²) in [5.41, 5.74) is 0.696. The van der Waals surface area contributed by atoms with E-state index < -0.39 is 10.0 Å². The number of nitrogens with zero attached hydrogens (tertiary/aromatic N) is 1. The maximum atomic E-state index is 12.5. The smallest absolute Gasteiger partial charge is 0.243 e. The summed E-state index contributed by atoms with van der Waals surface area (Å²) < 4.78 is 26.5. The van der Waals surface area contributed by atoms with Crippen molar-refractivity contribution in [2.75, 3.05) is 13.7 Å². The molecule has 1 saturated carbocycles. The van der Waals surface area contributed by atoms with Crippen LogP contribution in [-0.2, 0) is 10.0 Å². The highest BCUT2D eigenvalue weighted by Gasteiger charge is 2.29. The van der Waals surface area contributed by atoms with Gasteiger partial charge in [0.2, 0.25) is 10.0 Å². The molecule has 1 aromatic carbocycles. The molecule has 1 fully saturated rings. The van der Waals surface area contributed by atoms with E-state index >= 15 is 0 Å². The lowest BCUT2D eigenvalue weighted by atomic mass is 10.2. The van der Waals surface area contributed by atoms with Gasteiger partial charge < -0.3 is 5.11 Å². The number of rotatable bonds is 3. The molecule has 1 aliphatic carbocycles. The second-order valence-corrected chi connectivity index (χ2v) is 6.94. The van der Waals surface area contributed by atoms with Crippen molar-refractivity contribution in [3.8, 4) is 11.8 Å². The summed E-state index contributed by atoms with van der Waals surface area (Å²) in [6, 6.07) is 6.59. The molecule has 0 bridgehead atoms. The molecule has 1 N–H and O–H groups in total. The Hall–Kier alpha value is -1.35. The maximum Gasteiger partial charge on any atom is 0.243 e. The first-order valence-corrected chi connectivity index (χ1v) is 8.17. The minimum atomic E-state index is -3.42. The van der Waals surface area contributed by atoms with E-state index in [9.17, 15) is 8.42 Å². The van der Waals surface area contributed by atoms with E-state index in [1.54, 1.807) is 31.3 Å². The number of benzene rings is 1. The van der Waals surface area contributed by atoms with Crippen LogP contribution in [0, 0.1) is 11.8 Å². The molecule has 0 aliphatic heterocycles. The molecule has 0 amide bonds. The van der Waals surface area contributed by atoms with Gasteiger partial charge in [-0.25, -0.2) is 8.42 Å². The minimum absolute atomic E-state index is 0.119. The predicted molar refractivity (Wildman–Crippen MR) is 77.6 cm³/mol. The van der Waals surface area contributed by atoms with Crippen molar-refractivity contribution in [2.24, 2.45) is 0 Å². The van der Waals surface area contributed by atoms with Crippen molar-refractivity contribution in [3.63, 3.8) is 0 Å². The molecule has 4 nitrogen and oxygen atoms in total. The number of sulfonamides is 1. The Bertz CT molecular complexity index is 605. The van der Waals surface area contributed by atoms with Crippen LogP contribution in [0.3, 0.4) is 0 Å². The molecule has 0 saturated heterocycles.